The van der Waals surface area contributed by atoms with Crippen LogP contribution in [0.1, 0.15) is 18.9 Å². The van der Waals surface area contributed by atoms with E-state index in [0.717, 1.165) is 24.3 Å². The van der Waals surface area contributed by atoms with Crippen molar-refractivity contribution in [3.8, 4) is 5.75 Å². The summed E-state index contributed by atoms with van der Waals surface area (Å²) in [4.78, 5) is 10.4. The Bertz CT molecular complexity index is 813. The first kappa shape index (κ1) is 19.9. The van der Waals surface area contributed by atoms with Crippen molar-refractivity contribution < 1.29 is 9.13 Å². The molecule has 2 unspecified atom stereocenters. The third-order valence-electron chi connectivity index (χ3n) is 4.77. The number of ether oxygens (including phenoxy) is 1. The minimum atomic E-state index is -0.284. The Labute approximate surface area is 165 Å². The van der Waals surface area contributed by atoms with Gasteiger partial charge in [-0.05, 0) is 44.0 Å². The van der Waals surface area contributed by atoms with Gasteiger partial charge in [0.1, 0.15) is 11.9 Å². The number of pyridine rings is 1. The highest BCUT2D eigenvalue weighted by Crippen LogP contribution is 2.21. The van der Waals surface area contributed by atoms with Crippen LogP contribution in [0.4, 0.5) is 10.2 Å². The summed E-state index contributed by atoms with van der Waals surface area (Å²) in [6.07, 6.45) is 2.50. The lowest BCUT2D eigenvalue weighted by atomic mass is 10.2. The molecule has 0 spiro atoms. The summed E-state index contributed by atoms with van der Waals surface area (Å²) in [6, 6.07) is 11.2. The molecule has 0 radical (unpaired) electrons. The van der Waals surface area contributed by atoms with Crippen molar-refractivity contribution in [2.45, 2.75) is 32.4 Å². The molecule has 3 rings (SSSR count). The van der Waals surface area contributed by atoms with Gasteiger partial charge in [0.05, 0.1) is 6.54 Å². The number of halogens is 1. The van der Waals surface area contributed by atoms with Gasteiger partial charge in [0, 0.05) is 32.4 Å². The number of benzene rings is 1. The number of aryl methyl sites for hydroxylation is 1. The summed E-state index contributed by atoms with van der Waals surface area (Å²) in [5.41, 5.74) is 1.12. The highest BCUT2D eigenvalue weighted by atomic mass is 19.1. The lowest BCUT2D eigenvalue weighted by Crippen LogP contribution is -2.47. The zero-order chi connectivity index (χ0) is 19.9. The Kier molecular flexibility index (Phi) is 6.68. The lowest BCUT2D eigenvalue weighted by Gasteiger charge is -2.21. The Morgan fingerprint density at radius 1 is 1.36 bits per heavy atom. The van der Waals surface area contributed by atoms with Crippen molar-refractivity contribution in [3.63, 3.8) is 0 Å². The van der Waals surface area contributed by atoms with E-state index < -0.39 is 0 Å². The molecule has 7 heteroatoms. The number of anilines is 1. The summed E-state index contributed by atoms with van der Waals surface area (Å²) >= 11 is 0. The molecule has 150 valence electrons. The van der Waals surface area contributed by atoms with Crippen molar-refractivity contribution in [1.29, 1.82) is 0 Å². The minimum Gasteiger partial charge on any atom is -0.489 e. The summed E-state index contributed by atoms with van der Waals surface area (Å²) in [6.45, 7) is 6.12. The van der Waals surface area contributed by atoms with Crippen LogP contribution >= 0.6 is 0 Å². The number of para-hydroxylation sites is 1. The van der Waals surface area contributed by atoms with Gasteiger partial charge in [-0.3, -0.25) is 4.99 Å². The number of aromatic nitrogens is 1. The molecule has 1 aromatic carbocycles. The van der Waals surface area contributed by atoms with Crippen LogP contribution < -0.4 is 20.3 Å². The van der Waals surface area contributed by atoms with Crippen molar-refractivity contribution in [2.75, 3.05) is 31.6 Å². The summed E-state index contributed by atoms with van der Waals surface area (Å²) in [5, 5.41) is 6.71. The van der Waals surface area contributed by atoms with E-state index in [4.69, 9.17) is 4.74 Å². The second-order valence-corrected chi connectivity index (χ2v) is 7.03. The standard InChI is InChI=1S/C21H28FN5O/c1-15-7-4-5-9-19(15)28-16(2)13-25-21(23-3)26-17-10-12-27(14-17)20-18(22)8-6-11-24-20/h4-9,11,16-17H,10,12-14H2,1-3H3,(H2,23,25,26). The molecular weight excluding hydrogens is 357 g/mol. The Morgan fingerprint density at radius 3 is 2.93 bits per heavy atom. The monoisotopic (exact) mass is 385 g/mol. The zero-order valence-electron chi connectivity index (χ0n) is 16.7. The molecular formula is C21H28FN5O. The molecule has 1 aromatic heterocycles. The smallest absolute Gasteiger partial charge is 0.191 e. The quantitative estimate of drug-likeness (QED) is 0.591. The van der Waals surface area contributed by atoms with Crippen LogP contribution in [-0.2, 0) is 0 Å². The Balaban J connectivity index is 1.47. The van der Waals surface area contributed by atoms with Gasteiger partial charge in [0.15, 0.2) is 17.6 Å². The largest absolute Gasteiger partial charge is 0.489 e. The highest BCUT2D eigenvalue weighted by molar-refractivity contribution is 5.80. The third-order valence-corrected chi connectivity index (χ3v) is 4.77. The van der Waals surface area contributed by atoms with E-state index in [0.29, 0.717) is 24.9 Å². The minimum absolute atomic E-state index is 0.0117. The number of nitrogens with one attached hydrogen (secondary N) is 2. The second-order valence-electron chi connectivity index (χ2n) is 7.03. The van der Waals surface area contributed by atoms with Gasteiger partial charge in [-0.15, -0.1) is 0 Å². The summed E-state index contributed by atoms with van der Waals surface area (Å²) in [5.74, 6) is 1.74. The van der Waals surface area contributed by atoms with Crippen LogP contribution in [0.25, 0.3) is 0 Å². The maximum absolute atomic E-state index is 13.9. The molecule has 1 aliphatic rings. The fraction of sp³-hybridized carbons (Fsp3) is 0.429. The van der Waals surface area contributed by atoms with Crippen molar-refractivity contribution >= 4 is 11.8 Å². The lowest BCUT2D eigenvalue weighted by molar-refractivity contribution is 0.222. The van der Waals surface area contributed by atoms with Gasteiger partial charge < -0.3 is 20.3 Å². The predicted octanol–water partition coefficient (Wildman–Crippen LogP) is 2.74. The van der Waals surface area contributed by atoms with E-state index in [1.165, 1.54) is 6.07 Å². The van der Waals surface area contributed by atoms with E-state index >= 15 is 0 Å². The first-order chi connectivity index (χ1) is 13.6. The molecule has 1 aliphatic heterocycles. The summed E-state index contributed by atoms with van der Waals surface area (Å²) < 4.78 is 19.9. The van der Waals surface area contributed by atoms with E-state index in [2.05, 4.69) is 20.6 Å². The number of nitrogens with zero attached hydrogens (tertiary/aromatic N) is 3. The van der Waals surface area contributed by atoms with Gasteiger partial charge in [-0.25, -0.2) is 9.37 Å². The van der Waals surface area contributed by atoms with Crippen molar-refractivity contribution in [2.24, 2.45) is 4.99 Å². The molecule has 0 amide bonds. The topological polar surface area (TPSA) is 61.8 Å². The molecule has 0 saturated carbocycles. The van der Waals surface area contributed by atoms with Gasteiger partial charge in [-0.1, -0.05) is 18.2 Å². The van der Waals surface area contributed by atoms with Crippen LogP contribution in [0.5, 0.6) is 5.75 Å². The van der Waals surface area contributed by atoms with Gasteiger partial charge in [0.25, 0.3) is 0 Å². The molecule has 2 heterocycles. The average Bonchev–Trinajstić information content (AvgIpc) is 3.15. The number of guanidine groups is 1. The fourth-order valence-electron chi connectivity index (χ4n) is 3.26. The van der Waals surface area contributed by atoms with Crippen molar-refractivity contribution in [3.05, 3.63) is 54.0 Å². The molecule has 2 atom stereocenters. The molecule has 6 nitrogen and oxygen atoms in total. The summed E-state index contributed by atoms with van der Waals surface area (Å²) in [7, 11) is 1.74. The van der Waals surface area contributed by atoms with Gasteiger partial charge in [0.2, 0.25) is 0 Å². The van der Waals surface area contributed by atoms with Gasteiger partial charge >= 0.3 is 0 Å². The SMILES string of the molecule is CN=C(NCC(C)Oc1ccccc1C)NC1CCN(c2ncccc2F)C1. The van der Waals surface area contributed by atoms with Crippen LogP contribution in [0, 0.1) is 12.7 Å². The fourth-order valence-corrected chi connectivity index (χ4v) is 3.26. The van der Waals surface area contributed by atoms with Crippen LogP contribution in [0.2, 0.25) is 0 Å². The molecule has 2 aromatic rings. The third kappa shape index (κ3) is 5.12. The first-order valence-corrected chi connectivity index (χ1v) is 9.61. The predicted molar refractivity (Wildman–Crippen MR) is 111 cm³/mol. The van der Waals surface area contributed by atoms with E-state index in [-0.39, 0.29) is 18.0 Å². The number of hydrogen-bond acceptors (Lipinski definition) is 4. The van der Waals surface area contributed by atoms with E-state index in [9.17, 15) is 4.39 Å². The first-order valence-electron chi connectivity index (χ1n) is 9.61. The molecule has 2 N–H and O–H groups in total. The second kappa shape index (κ2) is 9.39. The normalized spacial score (nSPS) is 18.1. The maximum Gasteiger partial charge on any atom is 0.191 e. The average molecular weight is 385 g/mol. The zero-order valence-corrected chi connectivity index (χ0v) is 16.7. The van der Waals surface area contributed by atoms with Crippen LogP contribution in [0.15, 0.2) is 47.6 Å². The number of hydrogen-bond donors (Lipinski definition) is 2. The number of rotatable bonds is 6. The van der Waals surface area contributed by atoms with Gasteiger partial charge in [-0.2, -0.15) is 0 Å². The van der Waals surface area contributed by atoms with E-state index in [1.807, 2.05) is 43.0 Å². The number of aliphatic imine (C=N–C) groups is 1. The molecule has 28 heavy (non-hydrogen) atoms. The Morgan fingerprint density at radius 2 is 2.18 bits per heavy atom. The highest BCUT2D eigenvalue weighted by Gasteiger charge is 2.26. The molecule has 1 saturated heterocycles. The van der Waals surface area contributed by atoms with Crippen molar-refractivity contribution in [1.82, 2.24) is 15.6 Å². The molecule has 1 fully saturated rings. The van der Waals surface area contributed by atoms with Crippen LogP contribution in [-0.4, -0.2) is 49.8 Å². The maximum atomic E-state index is 13.9. The van der Waals surface area contributed by atoms with Crippen LogP contribution in [0.3, 0.4) is 0 Å². The Hall–Kier alpha value is -2.83. The molecule has 0 bridgehead atoms. The molecule has 0 aliphatic carbocycles. The van der Waals surface area contributed by atoms with E-state index in [1.54, 1.807) is 19.3 Å².